The fourth-order valence-corrected chi connectivity index (χ4v) is 1.62. The molecule has 0 N–H and O–H groups in total. The Morgan fingerprint density at radius 1 is 1.57 bits per heavy atom. The first kappa shape index (κ1) is 9.21. The van der Waals surface area contributed by atoms with Gasteiger partial charge in [0.25, 0.3) is 0 Å². The van der Waals surface area contributed by atoms with Crippen molar-refractivity contribution in [2.75, 3.05) is 0 Å². The van der Waals surface area contributed by atoms with Crippen molar-refractivity contribution in [1.82, 2.24) is 9.38 Å². The van der Waals surface area contributed by atoms with Crippen LogP contribution in [0.4, 0.5) is 0 Å². The zero-order valence-electron chi connectivity index (χ0n) is 7.91. The molecule has 2 heterocycles. The maximum absolute atomic E-state index is 11.2. The van der Waals surface area contributed by atoms with Crippen LogP contribution < -0.4 is 0 Å². The largest absolute Gasteiger partial charge is 0.297 e. The van der Waals surface area contributed by atoms with Crippen LogP contribution in [0.2, 0.25) is 5.02 Å². The number of imidazole rings is 1. The molecule has 0 aromatic carbocycles. The van der Waals surface area contributed by atoms with E-state index in [9.17, 15) is 4.79 Å². The molecule has 4 heteroatoms. The van der Waals surface area contributed by atoms with Gasteiger partial charge in [0.15, 0.2) is 11.6 Å². The van der Waals surface area contributed by atoms with Crippen molar-refractivity contribution in [3.8, 4) is 0 Å². The summed E-state index contributed by atoms with van der Waals surface area (Å²) in [6.07, 6.45) is 1.76. The van der Waals surface area contributed by atoms with E-state index >= 15 is 0 Å². The van der Waals surface area contributed by atoms with Gasteiger partial charge in [0, 0.05) is 18.1 Å². The van der Waals surface area contributed by atoms with Gasteiger partial charge in [0.2, 0.25) is 0 Å². The number of Topliss-reactive ketones (excluding diaryl/α,β-unsaturated/α-hetero) is 1. The van der Waals surface area contributed by atoms with E-state index in [1.807, 2.05) is 6.92 Å². The zero-order valence-corrected chi connectivity index (χ0v) is 8.67. The predicted molar refractivity (Wildman–Crippen MR) is 54.9 cm³/mol. The van der Waals surface area contributed by atoms with Crippen LogP contribution in [-0.2, 0) is 0 Å². The number of hydrogen-bond acceptors (Lipinski definition) is 2. The van der Waals surface area contributed by atoms with E-state index in [2.05, 4.69) is 4.98 Å². The van der Waals surface area contributed by atoms with Gasteiger partial charge in [0.1, 0.15) is 0 Å². The van der Waals surface area contributed by atoms with E-state index < -0.39 is 0 Å². The van der Waals surface area contributed by atoms with Gasteiger partial charge >= 0.3 is 0 Å². The Morgan fingerprint density at radius 2 is 2.29 bits per heavy atom. The van der Waals surface area contributed by atoms with Gasteiger partial charge in [-0.2, -0.15) is 0 Å². The van der Waals surface area contributed by atoms with Gasteiger partial charge in [-0.3, -0.25) is 9.20 Å². The Morgan fingerprint density at radius 3 is 2.93 bits per heavy atom. The van der Waals surface area contributed by atoms with E-state index in [0.717, 1.165) is 11.2 Å². The number of aryl methyl sites for hydroxylation is 1. The first-order chi connectivity index (χ1) is 6.59. The number of ketones is 1. The van der Waals surface area contributed by atoms with Crippen LogP contribution in [0.5, 0.6) is 0 Å². The maximum atomic E-state index is 11.2. The molecule has 0 saturated carbocycles. The third kappa shape index (κ3) is 1.30. The van der Waals surface area contributed by atoms with Crippen LogP contribution in [-0.4, -0.2) is 15.2 Å². The smallest absolute Gasteiger partial charge is 0.195 e. The molecule has 0 atom stereocenters. The molecule has 0 spiro atoms. The minimum absolute atomic E-state index is 0.0459. The first-order valence-electron chi connectivity index (χ1n) is 4.25. The van der Waals surface area contributed by atoms with Crippen molar-refractivity contribution in [2.24, 2.45) is 0 Å². The molecule has 2 aromatic heterocycles. The second-order valence-electron chi connectivity index (χ2n) is 3.18. The lowest BCUT2D eigenvalue weighted by molar-refractivity contribution is 0.100. The molecule has 2 rings (SSSR count). The van der Waals surface area contributed by atoms with Crippen LogP contribution in [0, 0.1) is 6.92 Å². The molecule has 0 aliphatic carbocycles. The van der Waals surface area contributed by atoms with Crippen molar-refractivity contribution >= 4 is 22.9 Å². The number of pyridine rings is 1. The molecular weight excluding hydrogens is 200 g/mol. The van der Waals surface area contributed by atoms with E-state index in [1.165, 1.54) is 6.92 Å². The van der Waals surface area contributed by atoms with Gasteiger partial charge in [-0.1, -0.05) is 11.6 Å². The standard InChI is InChI=1S/C10H9ClN2O/c1-6-9-5-8(11)3-4-13(9)10(12-6)7(2)14/h3-5H,1-2H3. The lowest BCUT2D eigenvalue weighted by Crippen LogP contribution is -1.99. The van der Waals surface area contributed by atoms with E-state index in [4.69, 9.17) is 11.6 Å². The van der Waals surface area contributed by atoms with Gasteiger partial charge in [-0.15, -0.1) is 0 Å². The molecular formula is C10H9ClN2O. The Bertz CT molecular complexity index is 516. The molecule has 3 nitrogen and oxygen atoms in total. The van der Waals surface area contributed by atoms with Crippen LogP contribution in [0.25, 0.3) is 5.52 Å². The molecule has 72 valence electrons. The molecule has 0 fully saturated rings. The monoisotopic (exact) mass is 208 g/mol. The highest BCUT2D eigenvalue weighted by Gasteiger charge is 2.11. The van der Waals surface area contributed by atoms with Crippen LogP contribution in [0.15, 0.2) is 18.3 Å². The fraction of sp³-hybridized carbons (Fsp3) is 0.200. The van der Waals surface area contributed by atoms with Gasteiger partial charge in [-0.05, 0) is 19.1 Å². The van der Waals surface area contributed by atoms with Gasteiger partial charge in [0.05, 0.1) is 11.2 Å². The first-order valence-corrected chi connectivity index (χ1v) is 4.62. The molecule has 0 aliphatic rings. The Balaban J connectivity index is 2.84. The van der Waals surface area contributed by atoms with E-state index in [-0.39, 0.29) is 5.78 Å². The molecule has 2 aromatic rings. The van der Waals surface area contributed by atoms with Crippen molar-refractivity contribution in [1.29, 1.82) is 0 Å². The third-order valence-electron chi connectivity index (χ3n) is 2.10. The minimum atomic E-state index is -0.0459. The number of fused-ring (bicyclic) bond motifs is 1. The number of nitrogens with zero attached hydrogens (tertiary/aromatic N) is 2. The summed E-state index contributed by atoms with van der Waals surface area (Å²) >= 11 is 5.85. The number of carbonyl (C=O) groups excluding carboxylic acids is 1. The number of halogens is 1. The fourth-order valence-electron chi connectivity index (χ4n) is 1.46. The molecule has 14 heavy (non-hydrogen) atoms. The Kier molecular flexibility index (Phi) is 2.04. The topological polar surface area (TPSA) is 34.4 Å². The second-order valence-corrected chi connectivity index (χ2v) is 3.61. The molecule has 0 radical (unpaired) electrons. The molecule has 0 bridgehead atoms. The molecule has 0 unspecified atom stereocenters. The summed E-state index contributed by atoms with van der Waals surface area (Å²) in [6.45, 7) is 3.36. The van der Waals surface area contributed by atoms with Gasteiger partial charge in [-0.25, -0.2) is 4.98 Å². The van der Waals surface area contributed by atoms with E-state index in [1.54, 1.807) is 22.7 Å². The zero-order chi connectivity index (χ0) is 10.3. The second kappa shape index (κ2) is 3.10. The third-order valence-corrected chi connectivity index (χ3v) is 2.34. The number of carbonyl (C=O) groups is 1. The lowest BCUT2D eigenvalue weighted by atomic mass is 10.3. The van der Waals surface area contributed by atoms with Crippen LogP contribution >= 0.6 is 11.6 Å². The van der Waals surface area contributed by atoms with Crippen molar-refractivity contribution in [2.45, 2.75) is 13.8 Å². The predicted octanol–water partition coefficient (Wildman–Crippen LogP) is 2.50. The molecule has 0 aliphatic heterocycles. The highest BCUT2D eigenvalue weighted by molar-refractivity contribution is 6.30. The van der Waals surface area contributed by atoms with Crippen LogP contribution in [0.1, 0.15) is 23.2 Å². The van der Waals surface area contributed by atoms with Crippen molar-refractivity contribution in [3.05, 3.63) is 34.9 Å². The quantitative estimate of drug-likeness (QED) is 0.675. The summed E-state index contributed by atoms with van der Waals surface area (Å²) in [6, 6.07) is 3.54. The highest BCUT2D eigenvalue weighted by atomic mass is 35.5. The number of rotatable bonds is 1. The molecule has 0 amide bonds. The summed E-state index contributed by atoms with van der Waals surface area (Å²) in [5.41, 5.74) is 1.69. The summed E-state index contributed by atoms with van der Waals surface area (Å²) < 4.78 is 1.75. The van der Waals surface area contributed by atoms with Crippen LogP contribution in [0.3, 0.4) is 0 Å². The van der Waals surface area contributed by atoms with Gasteiger partial charge < -0.3 is 0 Å². The van der Waals surface area contributed by atoms with Crippen molar-refractivity contribution in [3.63, 3.8) is 0 Å². The lowest BCUT2D eigenvalue weighted by Gasteiger charge is -1.97. The number of hydrogen-bond donors (Lipinski definition) is 0. The minimum Gasteiger partial charge on any atom is -0.297 e. The average Bonchev–Trinajstić information content (AvgIpc) is 2.44. The number of aromatic nitrogens is 2. The Labute approximate surface area is 86.3 Å². The van der Waals surface area contributed by atoms with E-state index in [0.29, 0.717) is 10.8 Å². The average molecular weight is 209 g/mol. The summed E-state index contributed by atoms with van der Waals surface area (Å²) in [5, 5.41) is 0.649. The van der Waals surface area contributed by atoms with Crippen molar-refractivity contribution < 1.29 is 4.79 Å². The SMILES string of the molecule is CC(=O)c1nc(C)c2cc(Cl)ccn12. The molecule has 0 saturated heterocycles. The Hall–Kier alpha value is -1.35. The normalized spacial score (nSPS) is 10.8. The summed E-state index contributed by atoms with van der Waals surface area (Å²) in [7, 11) is 0. The maximum Gasteiger partial charge on any atom is 0.195 e. The summed E-state index contributed by atoms with van der Waals surface area (Å²) in [5.74, 6) is 0.407. The summed E-state index contributed by atoms with van der Waals surface area (Å²) in [4.78, 5) is 15.4. The highest BCUT2D eigenvalue weighted by Crippen LogP contribution is 2.17.